The summed E-state index contributed by atoms with van der Waals surface area (Å²) in [6.07, 6.45) is 5.85. The van der Waals surface area contributed by atoms with Crippen LogP contribution in [0.25, 0.3) is 0 Å². The maximum absolute atomic E-state index is 11.8. The number of methoxy groups -OCH3 is 1. The molecule has 1 aliphatic carbocycles. The molecule has 18 heavy (non-hydrogen) atoms. The highest BCUT2D eigenvalue weighted by Gasteiger charge is 2.24. The molecular formula is C15H23NO2. The first-order chi connectivity index (χ1) is 8.53. The molecule has 0 N–H and O–H groups in total. The SMILES string of the molecule is COCCC(C)(C)Cn1ccc2c1CCCC2=O. The third kappa shape index (κ3) is 2.83. The van der Waals surface area contributed by atoms with E-state index in [1.54, 1.807) is 7.11 Å². The monoisotopic (exact) mass is 249 g/mol. The number of carbonyl (C=O) groups is 1. The molecule has 0 bridgehead atoms. The molecule has 100 valence electrons. The predicted octanol–water partition coefficient (Wildman–Crippen LogP) is 3.07. The van der Waals surface area contributed by atoms with Crippen molar-refractivity contribution in [2.75, 3.05) is 13.7 Å². The second-order valence-electron chi connectivity index (χ2n) is 5.99. The van der Waals surface area contributed by atoms with Gasteiger partial charge in [0.25, 0.3) is 0 Å². The van der Waals surface area contributed by atoms with Crippen LogP contribution in [0, 0.1) is 5.41 Å². The molecule has 0 saturated heterocycles. The zero-order valence-electron chi connectivity index (χ0n) is 11.7. The number of rotatable bonds is 5. The average Bonchev–Trinajstić information content (AvgIpc) is 2.71. The highest BCUT2D eigenvalue weighted by Crippen LogP contribution is 2.28. The summed E-state index contributed by atoms with van der Waals surface area (Å²) in [5.41, 5.74) is 2.38. The van der Waals surface area contributed by atoms with E-state index in [0.29, 0.717) is 12.2 Å². The molecule has 0 aliphatic heterocycles. The van der Waals surface area contributed by atoms with Crippen LogP contribution in [0.2, 0.25) is 0 Å². The lowest BCUT2D eigenvalue weighted by atomic mass is 9.89. The summed E-state index contributed by atoms with van der Waals surface area (Å²) in [6.45, 7) is 6.25. The maximum atomic E-state index is 11.8. The van der Waals surface area contributed by atoms with Gasteiger partial charge in [0, 0.05) is 44.1 Å². The van der Waals surface area contributed by atoms with Gasteiger partial charge in [-0.1, -0.05) is 13.8 Å². The van der Waals surface area contributed by atoms with Crippen LogP contribution in [0.4, 0.5) is 0 Å². The van der Waals surface area contributed by atoms with Crippen molar-refractivity contribution < 1.29 is 9.53 Å². The molecule has 0 aromatic carbocycles. The van der Waals surface area contributed by atoms with Crippen molar-refractivity contribution in [3.63, 3.8) is 0 Å². The van der Waals surface area contributed by atoms with Gasteiger partial charge in [-0.2, -0.15) is 0 Å². The summed E-state index contributed by atoms with van der Waals surface area (Å²) in [6, 6.07) is 1.99. The molecule has 1 aromatic rings. The lowest BCUT2D eigenvalue weighted by molar-refractivity contribution is 0.0970. The Morgan fingerprint density at radius 3 is 2.89 bits per heavy atom. The second kappa shape index (κ2) is 5.27. The molecule has 0 saturated carbocycles. The molecule has 0 radical (unpaired) electrons. The van der Waals surface area contributed by atoms with Crippen LogP contribution in [0.3, 0.4) is 0 Å². The first-order valence-electron chi connectivity index (χ1n) is 6.74. The van der Waals surface area contributed by atoms with E-state index in [9.17, 15) is 4.79 Å². The smallest absolute Gasteiger partial charge is 0.164 e. The summed E-state index contributed by atoms with van der Waals surface area (Å²) in [5, 5.41) is 0. The van der Waals surface area contributed by atoms with E-state index in [-0.39, 0.29) is 5.41 Å². The largest absolute Gasteiger partial charge is 0.385 e. The third-order valence-corrected chi connectivity index (χ3v) is 3.78. The molecule has 3 nitrogen and oxygen atoms in total. The van der Waals surface area contributed by atoms with Crippen LogP contribution in [-0.4, -0.2) is 24.1 Å². The van der Waals surface area contributed by atoms with Gasteiger partial charge in [0.15, 0.2) is 5.78 Å². The first kappa shape index (κ1) is 13.3. The van der Waals surface area contributed by atoms with Crippen LogP contribution in [0.15, 0.2) is 12.3 Å². The Bertz CT molecular complexity index is 432. The van der Waals surface area contributed by atoms with Crippen LogP contribution < -0.4 is 0 Å². The fourth-order valence-electron chi connectivity index (χ4n) is 2.66. The Hall–Kier alpha value is -1.09. The Kier molecular flexibility index (Phi) is 3.91. The summed E-state index contributed by atoms with van der Waals surface area (Å²) in [4.78, 5) is 11.8. The lowest BCUT2D eigenvalue weighted by Crippen LogP contribution is -2.23. The Labute approximate surface area is 109 Å². The van der Waals surface area contributed by atoms with Gasteiger partial charge >= 0.3 is 0 Å². The highest BCUT2D eigenvalue weighted by atomic mass is 16.5. The average molecular weight is 249 g/mol. The zero-order valence-corrected chi connectivity index (χ0v) is 11.7. The van der Waals surface area contributed by atoms with E-state index in [0.717, 1.165) is 38.0 Å². The van der Waals surface area contributed by atoms with E-state index in [1.165, 1.54) is 5.69 Å². The fraction of sp³-hybridized carbons (Fsp3) is 0.667. The Morgan fingerprint density at radius 1 is 1.39 bits per heavy atom. The predicted molar refractivity (Wildman–Crippen MR) is 72.0 cm³/mol. The van der Waals surface area contributed by atoms with Gasteiger partial charge in [0.2, 0.25) is 0 Å². The Morgan fingerprint density at radius 2 is 2.17 bits per heavy atom. The summed E-state index contributed by atoms with van der Waals surface area (Å²) in [5.74, 6) is 0.310. The minimum Gasteiger partial charge on any atom is -0.385 e. The number of ketones is 1. The van der Waals surface area contributed by atoms with Gasteiger partial charge in [-0.25, -0.2) is 0 Å². The molecule has 3 heteroatoms. The number of carbonyl (C=O) groups excluding carboxylic acids is 1. The molecule has 2 rings (SSSR count). The first-order valence-corrected chi connectivity index (χ1v) is 6.74. The normalized spacial score (nSPS) is 15.8. The molecule has 0 atom stereocenters. The minimum atomic E-state index is 0.198. The molecule has 1 aromatic heterocycles. The quantitative estimate of drug-likeness (QED) is 0.803. The molecule has 0 spiro atoms. The number of nitrogens with zero attached hydrogens (tertiary/aromatic N) is 1. The van der Waals surface area contributed by atoms with Gasteiger partial charge in [0.1, 0.15) is 0 Å². The van der Waals surface area contributed by atoms with Crippen molar-refractivity contribution in [1.29, 1.82) is 0 Å². The topological polar surface area (TPSA) is 31.2 Å². The van der Waals surface area contributed by atoms with E-state index in [1.807, 2.05) is 6.07 Å². The molecule has 0 unspecified atom stereocenters. The number of aromatic nitrogens is 1. The van der Waals surface area contributed by atoms with Crippen molar-refractivity contribution in [3.8, 4) is 0 Å². The van der Waals surface area contributed by atoms with Crippen LogP contribution in [-0.2, 0) is 17.7 Å². The second-order valence-corrected chi connectivity index (χ2v) is 5.99. The lowest BCUT2D eigenvalue weighted by Gasteiger charge is -2.27. The van der Waals surface area contributed by atoms with E-state index < -0.39 is 0 Å². The summed E-state index contributed by atoms with van der Waals surface area (Å²) < 4.78 is 7.43. The van der Waals surface area contributed by atoms with E-state index in [2.05, 4.69) is 24.6 Å². The standard InChI is InChI=1S/C15H23NO2/c1-15(2,8-10-18-3)11-16-9-7-12-13(16)5-4-6-14(12)17/h7,9H,4-6,8,10-11H2,1-3H3. The molecular weight excluding hydrogens is 226 g/mol. The van der Waals surface area contributed by atoms with Crippen LogP contribution in [0.1, 0.15) is 49.2 Å². The van der Waals surface area contributed by atoms with Gasteiger partial charge in [-0.05, 0) is 30.7 Å². The van der Waals surface area contributed by atoms with Gasteiger partial charge in [-0.15, -0.1) is 0 Å². The minimum absolute atomic E-state index is 0.198. The van der Waals surface area contributed by atoms with E-state index in [4.69, 9.17) is 4.74 Å². The molecule has 1 aliphatic rings. The highest BCUT2D eigenvalue weighted by molar-refractivity contribution is 5.98. The van der Waals surface area contributed by atoms with Gasteiger partial charge in [-0.3, -0.25) is 4.79 Å². The summed E-state index contributed by atoms with van der Waals surface area (Å²) >= 11 is 0. The van der Waals surface area contributed by atoms with Crippen molar-refractivity contribution >= 4 is 5.78 Å². The zero-order chi connectivity index (χ0) is 13.2. The van der Waals surface area contributed by atoms with Gasteiger partial charge in [0.05, 0.1) is 0 Å². The van der Waals surface area contributed by atoms with Crippen molar-refractivity contribution in [1.82, 2.24) is 4.57 Å². The molecule has 0 fully saturated rings. The fourth-order valence-corrected chi connectivity index (χ4v) is 2.66. The van der Waals surface area contributed by atoms with Crippen molar-refractivity contribution in [3.05, 3.63) is 23.5 Å². The third-order valence-electron chi connectivity index (χ3n) is 3.78. The van der Waals surface area contributed by atoms with Crippen LogP contribution in [0.5, 0.6) is 0 Å². The maximum Gasteiger partial charge on any atom is 0.164 e. The number of ether oxygens (including phenoxy) is 1. The van der Waals surface area contributed by atoms with E-state index >= 15 is 0 Å². The number of hydrogen-bond acceptors (Lipinski definition) is 2. The number of Topliss-reactive ketones (excluding diaryl/α,β-unsaturated/α-hetero) is 1. The molecule has 1 heterocycles. The van der Waals surface area contributed by atoms with Crippen molar-refractivity contribution in [2.45, 2.75) is 46.1 Å². The molecule has 0 amide bonds. The van der Waals surface area contributed by atoms with Crippen molar-refractivity contribution in [2.24, 2.45) is 5.41 Å². The van der Waals surface area contributed by atoms with Gasteiger partial charge < -0.3 is 9.30 Å². The number of fused-ring (bicyclic) bond motifs is 1. The summed E-state index contributed by atoms with van der Waals surface area (Å²) in [7, 11) is 1.74. The van der Waals surface area contributed by atoms with Crippen LogP contribution >= 0.6 is 0 Å². The number of hydrogen-bond donors (Lipinski definition) is 0. The Balaban J connectivity index is 2.13.